The lowest BCUT2D eigenvalue weighted by atomic mass is 10.0. The maximum atomic E-state index is 12.8. The van der Waals surface area contributed by atoms with Crippen LogP contribution in [0.1, 0.15) is 11.3 Å². The van der Waals surface area contributed by atoms with Crippen molar-refractivity contribution in [1.29, 1.82) is 0 Å². The molecule has 10 heteroatoms. The second-order valence-electron chi connectivity index (χ2n) is 9.21. The van der Waals surface area contributed by atoms with E-state index in [1.54, 1.807) is 59.5 Å². The molecule has 0 amide bonds. The maximum Gasteiger partial charge on any atom is 0.240 e. The largest absolute Gasteiger partial charge is 0.508 e. The zero-order valence-corrected chi connectivity index (χ0v) is 21.9. The molecule has 0 radical (unpaired) electrons. The van der Waals surface area contributed by atoms with Crippen molar-refractivity contribution >= 4 is 15.7 Å². The van der Waals surface area contributed by atoms with Crippen LogP contribution >= 0.6 is 0 Å². The minimum absolute atomic E-state index is 0.149. The normalized spacial score (nSPS) is 11.9. The average Bonchev–Trinajstić information content (AvgIpc) is 3.30. The molecule has 0 saturated carbocycles. The lowest BCUT2D eigenvalue weighted by Crippen LogP contribution is -2.31. The number of phenolic OH excluding ortho intramolecular Hbond substituents is 1. The Balaban J connectivity index is 1.56. The van der Waals surface area contributed by atoms with Crippen LogP contribution in [0.25, 0.3) is 28.0 Å². The van der Waals surface area contributed by atoms with Crippen molar-refractivity contribution in [3.8, 4) is 28.1 Å². The number of hydrogen-bond acceptors (Lipinski definition) is 7. The number of nitrogens with zero attached hydrogens (tertiary/aromatic N) is 5. The van der Waals surface area contributed by atoms with Crippen LogP contribution in [0.5, 0.6) is 5.75 Å². The van der Waals surface area contributed by atoms with E-state index in [4.69, 9.17) is 5.10 Å². The number of aromatic nitrogens is 4. The molecular weight excluding hydrogens is 500 g/mol. The predicted octanol–water partition coefficient (Wildman–Crippen LogP) is 3.59. The summed E-state index contributed by atoms with van der Waals surface area (Å²) in [5.74, 6) is 0.149. The van der Waals surface area contributed by atoms with Crippen molar-refractivity contribution in [2.45, 2.75) is 11.3 Å². The third kappa shape index (κ3) is 5.42. The van der Waals surface area contributed by atoms with E-state index in [1.807, 2.05) is 49.3 Å². The summed E-state index contributed by atoms with van der Waals surface area (Å²) >= 11 is 0. The van der Waals surface area contributed by atoms with Crippen LogP contribution in [0, 0.1) is 0 Å². The minimum Gasteiger partial charge on any atom is -0.508 e. The molecule has 0 bridgehead atoms. The van der Waals surface area contributed by atoms with Gasteiger partial charge in [0.05, 0.1) is 16.2 Å². The molecule has 2 N–H and O–H groups in total. The van der Waals surface area contributed by atoms with Crippen molar-refractivity contribution in [2.75, 3.05) is 27.2 Å². The number of hydrogen-bond donors (Lipinski definition) is 2. The van der Waals surface area contributed by atoms with Crippen molar-refractivity contribution < 1.29 is 13.5 Å². The molecule has 0 saturated heterocycles. The molecule has 0 atom stereocenters. The molecule has 3 heterocycles. The van der Waals surface area contributed by atoms with E-state index in [1.165, 1.54) is 0 Å². The smallest absolute Gasteiger partial charge is 0.240 e. The van der Waals surface area contributed by atoms with Gasteiger partial charge in [-0.05, 0) is 67.7 Å². The maximum absolute atomic E-state index is 12.8. The summed E-state index contributed by atoms with van der Waals surface area (Å²) in [4.78, 5) is 10.9. The summed E-state index contributed by atoms with van der Waals surface area (Å²) in [5, 5.41) is 15.1. The van der Waals surface area contributed by atoms with Crippen molar-refractivity contribution in [1.82, 2.24) is 29.2 Å². The van der Waals surface area contributed by atoms with Gasteiger partial charge in [-0.15, -0.1) is 0 Å². The summed E-state index contributed by atoms with van der Waals surface area (Å²) in [7, 11) is 0.156. The number of sulfonamides is 1. The van der Waals surface area contributed by atoms with E-state index in [9.17, 15) is 13.5 Å². The Labute approximate surface area is 221 Å². The zero-order valence-electron chi connectivity index (χ0n) is 21.1. The molecule has 2 aromatic carbocycles. The predicted molar refractivity (Wildman–Crippen MR) is 146 cm³/mol. The van der Waals surface area contributed by atoms with Crippen LogP contribution in [-0.4, -0.2) is 65.2 Å². The topological polar surface area (TPSA) is 113 Å². The van der Waals surface area contributed by atoms with Gasteiger partial charge < -0.3 is 10.0 Å². The van der Waals surface area contributed by atoms with E-state index in [0.29, 0.717) is 30.9 Å². The quantitative estimate of drug-likeness (QED) is 0.301. The fraction of sp³-hybridized carbons (Fsp3) is 0.179. The van der Waals surface area contributed by atoms with Gasteiger partial charge in [0.15, 0.2) is 5.65 Å². The van der Waals surface area contributed by atoms with Gasteiger partial charge in [-0.2, -0.15) is 5.10 Å². The van der Waals surface area contributed by atoms with Crippen LogP contribution < -0.4 is 4.72 Å². The lowest BCUT2D eigenvalue weighted by Gasteiger charge is -2.12. The lowest BCUT2D eigenvalue weighted by molar-refractivity contribution is 0.412. The molecule has 0 fully saturated rings. The molecule has 0 aliphatic heterocycles. The highest BCUT2D eigenvalue weighted by Gasteiger charge is 2.20. The number of rotatable bonds is 9. The molecule has 5 rings (SSSR count). The van der Waals surface area contributed by atoms with Crippen LogP contribution in [0.15, 0.2) is 90.2 Å². The molecule has 5 aromatic rings. The first-order valence-electron chi connectivity index (χ1n) is 12.1. The summed E-state index contributed by atoms with van der Waals surface area (Å²) in [6, 6.07) is 19.6. The molecule has 3 aromatic heterocycles. The fourth-order valence-corrected chi connectivity index (χ4v) is 5.38. The summed E-state index contributed by atoms with van der Waals surface area (Å²) < 4.78 is 30.1. The third-order valence-electron chi connectivity index (χ3n) is 6.13. The van der Waals surface area contributed by atoms with Gasteiger partial charge in [0.25, 0.3) is 0 Å². The van der Waals surface area contributed by atoms with Crippen LogP contribution in [-0.2, 0) is 16.4 Å². The molecule has 0 aliphatic carbocycles. The first-order valence-corrected chi connectivity index (χ1v) is 13.6. The van der Waals surface area contributed by atoms with E-state index in [-0.39, 0.29) is 10.6 Å². The Morgan fingerprint density at radius 3 is 2.50 bits per heavy atom. The Morgan fingerprint density at radius 2 is 1.74 bits per heavy atom. The highest BCUT2D eigenvalue weighted by molar-refractivity contribution is 7.89. The summed E-state index contributed by atoms with van der Waals surface area (Å²) in [6.07, 6.45) is 5.58. The Bertz CT molecular complexity index is 1680. The second kappa shape index (κ2) is 10.7. The van der Waals surface area contributed by atoms with Crippen LogP contribution in [0.3, 0.4) is 0 Å². The first kappa shape index (κ1) is 25.5. The second-order valence-corrected chi connectivity index (χ2v) is 11.0. The number of aromatic hydroxyl groups is 1. The van der Waals surface area contributed by atoms with Gasteiger partial charge >= 0.3 is 0 Å². The van der Waals surface area contributed by atoms with E-state index in [2.05, 4.69) is 14.7 Å². The number of likely N-dealkylation sites (N-methyl/N-ethyl adjacent to an activating group) is 1. The standard InChI is InChI=1S/C28H28N6O3S/c1-33(2)16-15-31-38(36,37)25-8-3-5-20(18-25)17-23-11-14-30-28-26(22-6-4-7-24(35)19-22)27(32-34(23)28)21-9-12-29-13-10-21/h3-14,18-19,31,35H,15-17H2,1-2H3. The van der Waals surface area contributed by atoms with Gasteiger partial charge in [0, 0.05) is 43.7 Å². The van der Waals surface area contributed by atoms with Gasteiger partial charge in [-0.25, -0.2) is 22.6 Å². The van der Waals surface area contributed by atoms with E-state index >= 15 is 0 Å². The first-order chi connectivity index (χ1) is 18.3. The van der Waals surface area contributed by atoms with Gasteiger partial charge in [-0.3, -0.25) is 4.98 Å². The van der Waals surface area contributed by atoms with Crippen LogP contribution in [0.4, 0.5) is 0 Å². The number of benzene rings is 2. The molecule has 9 nitrogen and oxygen atoms in total. The number of nitrogens with one attached hydrogen (secondary N) is 1. The fourth-order valence-electron chi connectivity index (χ4n) is 4.28. The third-order valence-corrected chi connectivity index (χ3v) is 7.59. The Morgan fingerprint density at radius 1 is 0.947 bits per heavy atom. The average molecular weight is 529 g/mol. The van der Waals surface area contributed by atoms with Crippen molar-refractivity contribution in [2.24, 2.45) is 0 Å². The Kier molecular flexibility index (Phi) is 7.19. The SMILES string of the molecule is CN(C)CCNS(=O)(=O)c1cccc(Cc2ccnc3c(-c4cccc(O)c4)c(-c4ccncc4)nn23)c1. The highest BCUT2D eigenvalue weighted by atomic mass is 32.2. The van der Waals surface area contributed by atoms with E-state index < -0.39 is 10.0 Å². The summed E-state index contributed by atoms with van der Waals surface area (Å²) in [5.41, 5.74) is 5.45. The molecule has 38 heavy (non-hydrogen) atoms. The van der Waals surface area contributed by atoms with Gasteiger partial charge in [0.1, 0.15) is 11.4 Å². The molecule has 194 valence electrons. The van der Waals surface area contributed by atoms with E-state index in [0.717, 1.165) is 27.9 Å². The molecule has 0 spiro atoms. The van der Waals surface area contributed by atoms with Crippen LogP contribution in [0.2, 0.25) is 0 Å². The molecule has 0 aliphatic rings. The monoisotopic (exact) mass is 528 g/mol. The minimum atomic E-state index is -3.63. The Hall–Kier alpha value is -4.12. The molecule has 0 unspecified atom stereocenters. The van der Waals surface area contributed by atoms with Crippen molar-refractivity contribution in [3.63, 3.8) is 0 Å². The summed E-state index contributed by atoms with van der Waals surface area (Å²) in [6.45, 7) is 0.933. The van der Waals surface area contributed by atoms with Gasteiger partial charge in [-0.1, -0.05) is 24.3 Å². The number of pyridine rings is 1. The van der Waals surface area contributed by atoms with Crippen molar-refractivity contribution in [3.05, 3.63) is 96.6 Å². The van der Waals surface area contributed by atoms with Gasteiger partial charge in [0.2, 0.25) is 10.0 Å². The highest BCUT2D eigenvalue weighted by Crippen LogP contribution is 2.36. The number of fused-ring (bicyclic) bond motifs is 1. The molecular formula is C28H28N6O3S. The number of phenols is 1. The zero-order chi connectivity index (χ0) is 26.7.